The lowest BCUT2D eigenvalue weighted by Crippen LogP contribution is -2.34. The van der Waals surface area contributed by atoms with Crippen molar-refractivity contribution in [3.05, 3.63) is 18.5 Å². The van der Waals surface area contributed by atoms with E-state index in [9.17, 15) is 4.79 Å². The third-order valence-corrected chi connectivity index (χ3v) is 2.11. The summed E-state index contributed by atoms with van der Waals surface area (Å²) in [5.74, 6) is -0.0556. The van der Waals surface area contributed by atoms with E-state index in [1.54, 1.807) is 11.0 Å². The molecule has 74 valence electrons. The van der Waals surface area contributed by atoms with Gasteiger partial charge in [-0.3, -0.25) is 4.79 Å². The number of aromatic amines is 1. The Balaban J connectivity index is 2.10. The lowest BCUT2D eigenvalue weighted by atomic mass is 10.4. The van der Waals surface area contributed by atoms with E-state index in [1.807, 2.05) is 0 Å². The fourth-order valence-electron chi connectivity index (χ4n) is 1.30. The molecule has 6 nitrogen and oxygen atoms in total. The molecule has 0 radical (unpaired) electrons. The molecule has 1 aliphatic carbocycles. The second kappa shape index (κ2) is 3.57. The molecule has 0 atom stereocenters. The van der Waals surface area contributed by atoms with E-state index in [2.05, 4.69) is 27.2 Å². The topological polar surface area (TPSA) is 74.8 Å². The first-order chi connectivity index (χ1) is 6.83. The molecule has 1 N–H and O–H groups in total. The van der Waals surface area contributed by atoms with Crippen LogP contribution in [0, 0.1) is 0 Å². The Hall–Kier alpha value is -1.72. The van der Waals surface area contributed by atoms with E-state index in [0.29, 0.717) is 12.6 Å². The van der Waals surface area contributed by atoms with Crippen molar-refractivity contribution >= 4 is 5.91 Å². The number of H-pyrrole nitrogens is 1. The van der Waals surface area contributed by atoms with Gasteiger partial charge >= 0.3 is 0 Å². The quantitative estimate of drug-likeness (QED) is 0.682. The van der Waals surface area contributed by atoms with Gasteiger partial charge in [0.15, 0.2) is 0 Å². The number of aromatic nitrogens is 4. The van der Waals surface area contributed by atoms with Crippen molar-refractivity contribution in [2.75, 3.05) is 6.54 Å². The van der Waals surface area contributed by atoms with Crippen LogP contribution in [0.3, 0.4) is 0 Å². The van der Waals surface area contributed by atoms with Crippen LogP contribution in [-0.2, 0) is 0 Å². The molecule has 1 aliphatic rings. The van der Waals surface area contributed by atoms with E-state index >= 15 is 0 Å². The van der Waals surface area contributed by atoms with E-state index in [0.717, 1.165) is 12.8 Å². The Bertz CT molecular complexity index is 330. The maximum atomic E-state index is 11.8. The van der Waals surface area contributed by atoms with Crippen molar-refractivity contribution in [3.8, 4) is 0 Å². The molecule has 1 saturated carbocycles. The third kappa shape index (κ3) is 1.63. The molecule has 2 rings (SSSR count). The number of hydrogen-bond donors (Lipinski definition) is 1. The van der Waals surface area contributed by atoms with Crippen molar-refractivity contribution in [3.63, 3.8) is 0 Å². The summed E-state index contributed by atoms with van der Waals surface area (Å²) in [6, 6.07) is 0.332. The zero-order valence-electron chi connectivity index (χ0n) is 7.68. The lowest BCUT2D eigenvalue weighted by Gasteiger charge is -2.18. The summed E-state index contributed by atoms with van der Waals surface area (Å²) in [5, 5.41) is 12.9. The normalized spacial score (nSPS) is 15.1. The van der Waals surface area contributed by atoms with Crippen LogP contribution in [0.5, 0.6) is 0 Å². The highest BCUT2D eigenvalue weighted by Gasteiger charge is 2.33. The smallest absolute Gasteiger partial charge is 0.295 e. The Morgan fingerprint density at radius 1 is 1.71 bits per heavy atom. The molecule has 6 heteroatoms. The van der Waals surface area contributed by atoms with Crippen molar-refractivity contribution in [2.45, 2.75) is 18.9 Å². The molecule has 0 aromatic carbocycles. The maximum absolute atomic E-state index is 11.8. The van der Waals surface area contributed by atoms with Gasteiger partial charge in [0.1, 0.15) is 0 Å². The fourth-order valence-corrected chi connectivity index (χ4v) is 1.30. The molecule has 14 heavy (non-hydrogen) atoms. The van der Waals surface area contributed by atoms with Crippen LogP contribution in [-0.4, -0.2) is 44.0 Å². The minimum absolute atomic E-state index is 0.124. The van der Waals surface area contributed by atoms with Gasteiger partial charge in [0, 0.05) is 12.6 Å². The molecule has 1 aromatic rings. The van der Waals surface area contributed by atoms with E-state index < -0.39 is 0 Å². The Morgan fingerprint density at radius 2 is 2.50 bits per heavy atom. The summed E-state index contributed by atoms with van der Waals surface area (Å²) >= 11 is 0. The second-order valence-corrected chi connectivity index (χ2v) is 3.21. The molecule has 1 amide bonds. The van der Waals surface area contributed by atoms with Gasteiger partial charge in [-0.15, -0.1) is 16.8 Å². The van der Waals surface area contributed by atoms with Crippen LogP contribution >= 0.6 is 0 Å². The molecule has 0 spiro atoms. The molecule has 1 aromatic heterocycles. The summed E-state index contributed by atoms with van der Waals surface area (Å²) in [7, 11) is 0. The van der Waals surface area contributed by atoms with Crippen molar-refractivity contribution < 1.29 is 4.79 Å². The van der Waals surface area contributed by atoms with Gasteiger partial charge in [0.2, 0.25) is 0 Å². The predicted octanol–water partition coefficient (Wildman–Crippen LogP) is -0.00970. The molecule has 0 bridgehead atoms. The number of nitrogens with zero attached hydrogens (tertiary/aromatic N) is 4. The molecule has 0 aliphatic heterocycles. The second-order valence-electron chi connectivity index (χ2n) is 3.21. The fraction of sp³-hybridized carbons (Fsp3) is 0.500. The van der Waals surface area contributed by atoms with Crippen LogP contribution in [0.15, 0.2) is 12.7 Å². The monoisotopic (exact) mass is 193 g/mol. The summed E-state index contributed by atoms with van der Waals surface area (Å²) in [6.45, 7) is 4.16. The Kier molecular flexibility index (Phi) is 2.26. The highest BCUT2D eigenvalue weighted by Crippen LogP contribution is 2.27. The average Bonchev–Trinajstić information content (AvgIpc) is 2.88. The van der Waals surface area contributed by atoms with Gasteiger partial charge in [-0.25, -0.2) is 0 Å². The van der Waals surface area contributed by atoms with Crippen LogP contribution in [0.1, 0.15) is 23.5 Å². The van der Waals surface area contributed by atoms with Gasteiger partial charge in [0.25, 0.3) is 11.7 Å². The zero-order chi connectivity index (χ0) is 9.97. The van der Waals surface area contributed by atoms with Gasteiger partial charge in [0.05, 0.1) is 0 Å². The predicted molar refractivity (Wildman–Crippen MR) is 48.4 cm³/mol. The van der Waals surface area contributed by atoms with Gasteiger partial charge in [-0.1, -0.05) is 6.08 Å². The summed E-state index contributed by atoms with van der Waals surface area (Å²) < 4.78 is 0. The molecular weight excluding hydrogens is 182 g/mol. The van der Waals surface area contributed by atoms with Gasteiger partial charge in [-0.05, 0) is 18.1 Å². The van der Waals surface area contributed by atoms with E-state index in [-0.39, 0.29) is 11.7 Å². The maximum Gasteiger partial charge on any atom is 0.295 e. The first kappa shape index (κ1) is 8.86. The van der Waals surface area contributed by atoms with Crippen molar-refractivity contribution in [1.29, 1.82) is 0 Å². The Morgan fingerprint density at radius 3 is 3.00 bits per heavy atom. The lowest BCUT2D eigenvalue weighted by molar-refractivity contribution is 0.0750. The molecule has 1 heterocycles. The Labute approximate surface area is 81.0 Å². The minimum atomic E-state index is -0.179. The SMILES string of the molecule is C=CCN(C(=O)c1nn[nH]n1)C1CC1. The van der Waals surface area contributed by atoms with Crippen LogP contribution in [0.25, 0.3) is 0 Å². The highest BCUT2D eigenvalue weighted by atomic mass is 16.2. The van der Waals surface area contributed by atoms with Crippen LogP contribution in [0.2, 0.25) is 0 Å². The minimum Gasteiger partial charge on any atom is -0.329 e. The standard InChI is InChI=1S/C8H11N5O/c1-2-5-13(6-3-4-6)8(14)7-9-11-12-10-7/h2,6H,1,3-5H2,(H,9,10,11,12). The molecule has 1 fully saturated rings. The van der Waals surface area contributed by atoms with E-state index in [1.165, 1.54) is 0 Å². The molecule has 0 unspecified atom stereocenters. The summed E-state index contributed by atoms with van der Waals surface area (Å²) in [6.07, 6.45) is 3.81. The number of carbonyl (C=O) groups is 1. The van der Waals surface area contributed by atoms with Crippen LogP contribution < -0.4 is 0 Å². The van der Waals surface area contributed by atoms with Gasteiger partial charge < -0.3 is 4.90 Å². The van der Waals surface area contributed by atoms with Crippen molar-refractivity contribution in [1.82, 2.24) is 25.5 Å². The number of nitrogens with one attached hydrogen (secondary N) is 1. The largest absolute Gasteiger partial charge is 0.329 e. The zero-order valence-corrected chi connectivity index (χ0v) is 7.68. The number of tetrazole rings is 1. The third-order valence-electron chi connectivity index (χ3n) is 2.11. The first-order valence-corrected chi connectivity index (χ1v) is 4.48. The summed E-state index contributed by atoms with van der Waals surface area (Å²) in [4.78, 5) is 13.5. The van der Waals surface area contributed by atoms with Gasteiger partial charge in [-0.2, -0.15) is 5.21 Å². The number of amides is 1. The molecule has 0 saturated heterocycles. The number of hydrogen-bond acceptors (Lipinski definition) is 4. The van der Waals surface area contributed by atoms with Crippen LogP contribution in [0.4, 0.5) is 0 Å². The summed E-state index contributed by atoms with van der Waals surface area (Å²) in [5.41, 5.74) is 0. The number of rotatable bonds is 4. The van der Waals surface area contributed by atoms with Crippen molar-refractivity contribution in [2.24, 2.45) is 0 Å². The molecular formula is C8H11N5O. The first-order valence-electron chi connectivity index (χ1n) is 4.48. The highest BCUT2D eigenvalue weighted by molar-refractivity contribution is 5.90. The van der Waals surface area contributed by atoms with E-state index in [4.69, 9.17) is 0 Å². The average molecular weight is 193 g/mol. The number of carbonyl (C=O) groups excluding carboxylic acids is 1.